The van der Waals surface area contributed by atoms with Gasteiger partial charge in [0.05, 0.1) is 6.61 Å². The Labute approximate surface area is 172 Å². The summed E-state index contributed by atoms with van der Waals surface area (Å²) in [5.74, 6) is -0.769. The van der Waals surface area contributed by atoms with Gasteiger partial charge in [-0.3, -0.25) is 4.79 Å². The SMILES string of the molecule is CCOC(=O)c1c(C)[nH]c(C)c1S(=O)(=O)N1CCC(C(=O)NC2CCCC2)CC1. The number of esters is 1. The second-order valence-electron chi connectivity index (χ2n) is 7.97. The highest BCUT2D eigenvalue weighted by Crippen LogP contribution is 2.30. The average Bonchev–Trinajstić information content (AvgIpc) is 3.29. The van der Waals surface area contributed by atoms with Crippen molar-refractivity contribution in [1.82, 2.24) is 14.6 Å². The summed E-state index contributed by atoms with van der Waals surface area (Å²) in [6.07, 6.45) is 5.33. The Bertz CT molecular complexity index is 863. The molecule has 1 aliphatic carbocycles. The molecule has 29 heavy (non-hydrogen) atoms. The van der Waals surface area contributed by atoms with E-state index in [1.54, 1.807) is 20.8 Å². The largest absolute Gasteiger partial charge is 0.462 e. The van der Waals surface area contributed by atoms with Gasteiger partial charge in [0.1, 0.15) is 10.5 Å². The quantitative estimate of drug-likeness (QED) is 0.680. The molecule has 1 aromatic rings. The molecule has 1 saturated heterocycles. The summed E-state index contributed by atoms with van der Waals surface area (Å²) in [6, 6.07) is 0.266. The van der Waals surface area contributed by atoms with Gasteiger partial charge in [-0.2, -0.15) is 4.31 Å². The Morgan fingerprint density at radius 1 is 1.10 bits per heavy atom. The lowest BCUT2D eigenvalue weighted by Gasteiger charge is -2.31. The third kappa shape index (κ3) is 4.50. The number of ether oxygens (including phenoxy) is 1. The molecular formula is C20H31N3O5S. The molecule has 9 heteroatoms. The number of carbonyl (C=O) groups excluding carboxylic acids is 2. The Morgan fingerprint density at radius 3 is 2.31 bits per heavy atom. The van der Waals surface area contributed by atoms with Crippen LogP contribution in [0.4, 0.5) is 0 Å². The van der Waals surface area contributed by atoms with Crippen molar-refractivity contribution in [1.29, 1.82) is 0 Å². The summed E-state index contributed by atoms with van der Waals surface area (Å²) in [5.41, 5.74) is 0.974. The van der Waals surface area contributed by atoms with Crippen molar-refractivity contribution in [3.63, 3.8) is 0 Å². The summed E-state index contributed by atoms with van der Waals surface area (Å²) in [7, 11) is -3.87. The van der Waals surface area contributed by atoms with Gasteiger partial charge in [-0.25, -0.2) is 13.2 Å². The van der Waals surface area contributed by atoms with Crippen molar-refractivity contribution >= 4 is 21.9 Å². The maximum absolute atomic E-state index is 13.3. The van der Waals surface area contributed by atoms with Crippen molar-refractivity contribution in [2.45, 2.75) is 70.2 Å². The number of piperidine rings is 1. The summed E-state index contributed by atoms with van der Waals surface area (Å²) in [4.78, 5) is 27.8. The van der Waals surface area contributed by atoms with Crippen molar-refractivity contribution in [2.75, 3.05) is 19.7 Å². The highest BCUT2D eigenvalue weighted by atomic mass is 32.2. The molecular weight excluding hydrogens is 394 g/mol. The smallest absolute Gasteiger partial charge is 0.341 e. The molecule has 1 saturated carbocycles. The van der Waals surface area contributed by atoms with E-state index in [0.29, 0.717) is 24.2 Å². The second-order valence-corrected chi connectivity index (χ2v) is 9.84. The van der Waals surface area contributed by atoms with E-state index >= 15 is 0 Å². The lowest BCUT2D eigenvalue weighted by atomic mass is 9.97. The minimum atomic E-state index is -3.87. The van der Waals surface area contributed by atoms with Crippen LogP contribution in [0.25, 0.3) is 0 Å². The minimum Gasteiger partial charge on any atom is -0.462 e. The maximum atomic E-state index is 13.3. The molecule has 0 bridgehead atoms. The Balaban J connectivity index is 1.72. The molecule has 1 aromatic heterocycles. The molecule has 2 aliphatic rings. The van der Waals surface area contributed by atoms with Gasteiger partial charge in [-0.15, -0.1) is 0 Å². The van der Waals surface area contributed by atoms with Gasteiger partial charge in [0.15, 0.2) is 0 Å². The number of hydrogen-bond donors (Lipinski definition) is 2. The van der Waals surface area contributed by atoms with Crippen LogP contribution in [0, 0.1) is 19.8 Å². The zero-order valence-electron chi connectivity index (χ0n) is 17.4. The zero-order chi connectivity index (χ0) is 21.2. The van der Waals surface area contributed by atoms with E-state index in [2.05, 4.69) is 10.3 Å². The number of nitrogens with one attached hydrogen (secondary N) is 2. The van der Waals surface area contributed by atoms with E-state index in [9.17, 15) is 18.0 Å². The monoisotopic (exact) mass is 425 g/mol. The summed E-state index contributed by atoms with van der Waals surface area (Å²) >= 11 is 0. The third-order valence-electron chi connectivity index (χ3n) is 5.92. The van der Waals surface area contributed by atoms with Crippen LogP contribution in [-0.2, 0) is 19.6 Å². The number of carbonyl (C=O) groups is 2. The topological polar surface area (TPSA) is 109 Å². The first-order valence-electron chi connectivity index (χ1n) is 10.4. The molecule has 1 amide bonds. The second kappa shape index (κ2) is 8.87. The molecule has 2 fully saturated rings. The van der Waals surface area contributed by atoms with E-state index < -0.39 is 16.0 Å². The van der Waals surface area contributed by atoms with Gasteiger partial charge in [0.25, 0.3) is 0 Å². The van der Waals surface area contributed by atoms with E-state index in [-0.39, 0.29) is 48.0 Å². The van der Waals surface area contributed by atoms with E-state index in [1.165, 1.54) is 4.31 Å². The summed E-state index contributed by atoms with van der Waals surface area (Å²) < 4.78 is 33.0. The first-order chi connectivity index (χ1) is 13.8. The van der Waals surface area contributed by atoms with Crippen molar-refractivity contribution < 1.29 is 22.7 Å². The molecule has 2 N–H and O–H groups in total. The summed E-state index contributed by atoms with van der Waals surface area (Å²) in [5, 5.41) is 3.11. The lowest BCUT2D eigenvalue weighted by Crippen LogP contribution is -2.45. The molecule has 162 valence electrons. The van der Waals surface area contributed by atoms with Crippen LogP contribution in [-0.4, -0.2) is 55.3 Å². The molecule has 3 rings (SSSR count). The van der Waals surface area contributed by atoms with Crippen LogP contribution in [0.15, 0.2) is 4.90 Å². The minimum absolute atomic E-state index is 0.0118. The predicted octanol–water partition coefficient (Wildman–Crippen LogP) is 2.27. The Morgan fingerprint density at radius 2 is 1.72 bits per heavy atom. The van der Waals surface area contributed by atoms with E-state index in [4.69, 9.17) is 4.74 Å². The molecule has 1 aliphatic heterocycles. The Kier molecular flexibility index (Phi) is 6.68. The maximum Gasteiger partial charge on any atom is 0.341 e. The molecule has 2 heterocycles. The Hall–Kier alpha value is -1.87. The first kappa shape index (κ1) is 21.8. The van der Waals surface area contributed by atoms with Gasteiger partial charge in [-0.05, 0) is 46.5 Å². The fraction of sp³-hybridized carbons (Fsp3) is 0.700. The normalized spacial score (nSPS) is 19.4. The fourth-order valence-electron chi connectivity index (χ4n) is 4.41. The molecule has 0 aromatic carbocycles. The highest BCUT2D eigenvalue weighted by molar-refractivity contribution is 7.89. The standard InChI is InChI=1S/C20H31N3O5S/c1-4-28-20(25)17-13(2)21-14(3)18(17)29(26,27)23-11-9-15(10-12-23)19(24)22-16-7-5-6-8-16/h15-16,21H,4-12H2,1-3H3,(H,22,24). The van der Waals surface area contributed by atoms with Crippen molar-refractivity contribution in [3.05, 3.63) is 17.0 Å². The molecule has 0 unspecified atom stereocenters. The van der Waals surface area contributed by atoms with E-state index in [1.807, 2.05) is 0 Å². The third-order valence-corrected chi connectivity index (χ3v) is 7.99. The van der Waals surface area contributed by atoms with Gasteiger partial charge < -0.3 is 15.0 Å². The molecule has 8 nitrogen and oxygen atoms in total. The van der Waals surface area contributed by atoms with Crippen molar-refractivity contribution in [2.24, 2.45) is 5.92 Å². The van der Waals surface area contributed by atoms with Gasteiger partial charge in [0.2, 0.25) is 15.9 Å². The summed E-state index contributed by atoms with van der Waals surface area (Å²) in [6.45, 7) is 5.68. The number of hydrogen-bond acceptors (Lipinski definition) is 5. The fourth-order valence-corrected chi connectivity index (χ4v) is 6.29. The van der Waals surface area contributed by atoms with Gasteiger partial charge in [0, 0.05) is 36.4 Å². The predicted molar refractivity (Wildman–Crippen MR) is 108 cm³/mol. The zero-order valence-corrected chi connectivity index (χ0v) is 18.2. The highest BCUT2D eigenvalue weighted by Gasteiger charge is 2.37. The number of rotatable bonds is 6. The molecule has 0 spiro atoms. The van der Waals surface area contributed by atoms with Crippen molar-refractivity contribution in [3.8, 4) is 0 Å². The van der Waals surface area contributed by atoms with Crippen LogP contribution in [0.5, 0.6) is 0 Å². The van der Waals surface area contributed by atoms with Gasteiger partial charge in [-0.1, -0.05) is 12.8 Å². The number of nitrogens with zero attached hydrogens (tertiary/aromatic N) is 1. The molecule has 0 atom stereocenters. The van der Waals surface area contributed by atoms with Crippen LogP contribution in [0.3, 0.4) is 0 Å². The number of sulfonamides is 1. The van der Waals surface area contributed by atoms with Crippen LogP contribution in [0.1, 0.15) is 67.2 Å². The number of amides is 1. The number of aromatic amines is 1. The van der Waals surface area contributed by atoms with Gasteiger partial charge >= 0.3 is 5.97 Å². The lowest BCUT2D eigenvalue weighted by molar-refractivity contribution is -0.126. The first-order valence-corrected chi connectivity index (χ1v) is 11.9. The van der Waals surface area contributed by atoms with Crippen LogP contribution >= 0.6 is 0 Å². The number of H-pyrrole nitrogens is 1. The van der Waals surface area contributed by atoms with Crippen LogP contribution in [0.2, 0.25) is 0 Å². The number of aromatic nitrogens is 1. The average molecular weight is 426 g/mol. The van der Waals surface area contributed by atoms with Crippen LogP contribution < -0.4 is 5.32 Å². The molecule has 0 radical (unpaired) electrons. The van der Waals surface area contributed by atoms with E-state index in [0.717, 1.165) is 25.7 Å². The number of aryl methyl sites for hydroxylation is 2.